The number of esters is 1. The Kier molecular flexibility index (Phi) is 2.97. The second-order valence-electron chi connectivity index (χ2n) is 3.25. The molecular formula is C12H9ClO3. The average molecular weight is 237 g/mol. The molecule has 0 radical (unpaired) electrons. The summed E-state index contributed by atoms with van der Waals surface area (Å²) in [7, 11) is 0. The highest BCUT2D eigenvalue weighted by Crippen LogP contribution is 2.24. The molecule has 2 rings (SSSR count). The molecule has 0 aliphatic carbocycles. The molecular weight excluding hydrogens is 228 g/mol. The molecule has 82 valence electrons. The quantitative estimate of drug-likeness (QED) is 0.592. The van der Waals surface area contributed by atoms with Crippen LogP contribution in [0.4, 0.5) is 0 Å². The second kappa shape index (κ2) is 4.41. The largest absolute Gasteiger partial charge is 0.457 e. The van der Waals surface area contributed by atoms with Crippen molar-refractivity contribution in [3.05, 3.63) is 52.9 Å². The molecule has 2 aromatic rings. The fourth-order valence-electron chi connectivity index (χ4n) is 1.26. The summed E-state index contributed by atoms with van der Waals surface area (Å²) in [6.07, 6.45) is 1.44. The van der Waals surface area contributed by atoms with E-state index in [1.165, 1.54) is 6.26 Å². The van der Waals surface area contributed by atoms with Gasteiger partial charge in [0.2, 0.25) is 5.76 Å². The molecule has 0 N–H and O–H groups in total. The van der Waals surface area contributed by atoms with E-state index in [9.17, 15) is 4.79 Å². The van der Waals surface area contributed by atoms with Crippen molar-refractivity contribution in [2.45, 2.75) is 6.92 Å². The number of carbonyl (C=O) groups is 1. The summed E-state index contributed by atoms with van der Waals surface area (Å²) in [5.74, 6) is -0.0273. The van der Waals surface area contributed by atoms with Crippen LogP contribution in [0, 0.1) is 6.92 Å². The predicted octanol–water partition coefficient (Wildman–Crippen LogP) is 3.46. The molecule has 0 saturated heterocycles. The van der Waals surface area contributed by atoms with Crippen LogP contribution < -0.4 is 4.74 Å². The maximum atomic E-state index is 11.7. The molecule has 0 aliphatic rings. The smallest absolute Gasteiger partial charge is 0.379 e. The van der Waals surface area contributed by atoms with E-state index in [4.69, 9.17) is 20.8 Å². The fraction of sp³-hybridized carbons (Fsp3) is 0.0833. The van der Waals surface area contributed by atoms with Crippen LogP contribution in [0.1, 0.15) is 16.1 Å². The number of ether oxygens (including phenoxy) is 1. The number of aryl methyl sites for hydroxylation is 1. The molecule has 0 amide bonds. The molecule has 0 fully saturated rings. The summed E-state index contributed by atoms with van der Waals surface area (Å²) < 4.78 is 10.1. The second-order valence-corrected chi connectivity index (χ2v) is 3.66. The van der Waals surface area contributed by atoms with Crippen molar-refractivity contribution in [1.82, 2.24) is 0 Å². The van der Waals surface area contributed by atoms with Gasteiger partial charge in [0, 0.05) is 5.56 Å². The number of hydrogen-bond acceptors (Lipinski definition) is 3. The van der Waals surface area contributed by atoms with Gasteiger partial charge in [-0.3, -0.25) is 0 Å². The third-order valence-electron chi connectivity index (χ3n) is 2.09. The van der Waals surface area contributed by atoms with Gasteiger partial charge in [0.15, 0.2) is 0 Å². The molecule has 1 aromatic heterocycles. The number of para-hydroxylation sites is 1. The normalized spacial score (nSPS) is 10.1. The van der Waals surface area contributed by atoms with Crippen LogP contribution in [0.3, 0.4) is 0 Å². The summed E-state index contributed by atoms with van der Waals surface area (Å²) in [4.78, 5) is 11.7. The minimum atomic E-state index is -0.546. The molecule has 1 aromatic carbocycles. The number of rotatable bonds is 2. The molecule has 16 heavy (non-hydrogen) atoms. The Hall–Kier alpha value is -1.74. The summed E-state index contributed by atoms with van der Waals surface area (Å²) >= 11 is 5.86. The monoisotopic (exact) mass is 236 g/mol. The molecule has 4 heteroatoms. The summed E-state index contributed by atoms with van der Waals surface area (Å²) in [6, 6.07) is 8.47. The highest BCUT2D eigenvalue weighted by molar-refractivity contribution is 6.32. The lowest BCUT2D eigenvalue weighted by molar-refractivity contribution is 0.0700. The van der Waals surface area contributed by atoms with Crippen molar-refractivity contribution in [2.75, 3.05) is 0 Å². The Balaban J connectivity index is 2.21. The van der Waals surface area contributed by atoms with Crippen LogP contribution in [0.2, 0.25) is 5.02 Å². The van der Waals surface area contributed by atoms with E-state index in [2.05, 4.69) is 0 Å². The first-order chi connectivity index (χ1) is 7.68. The van der Waals surface area contributed by atoms with Crippen molar-refractivity contribution in [3.63, 3.8) is 0 Å². The Labute approximate surface area is 97.6 Å². The lowest BCUT2D eigenvalue weighted by atomic mass is 10.3. The van der Waals surface area contributed by atoms with Gasteiger partial charge in [-0.15, -0.1) is 0 Å². The summed E-state index contributed by atoms with van der Waals surface area (Å²) in [5.41, 5.74) is 0.733. The fourth-order valence-corrected chi connectivity index (χ4v) is 1.43. The molecule has 0 aliphatic heterocycles. The van der Waals surface area contributed by atoms with Gasteiger partial charge < -0.3 is 9.15 Å². The van der Waals surface area contributed by atoms with Gasteiger partial charge in [-0.1, -0.05) is 23.7 Å². The molecule has 1 heterocycles. The molecule has 0 spiro atoms. The zero-order valence-corrected chi connectivity index (χ0v) is 9.32. The van der Waals surface area contributed by atoms with Crippen LogP contribution in [0.25, 0.3) is 0 Å². The van der Waals surface area contributed by atoms with Crippen molar-refractivity contribution in [2.24, 2.45) is 0 Å². The van der Waals surface area contributed by atoms with Gasteiger partial charge in [-0.25, -0.2) is 4.79 Å². The first kappa shape index (κ1) is 10.8. The van der Waals surface area contributed by atoms with Crippen molar-refractivity contribution in [3.8, 4) is 5.75 Å². The topological polar surface area (TPSA) is 39.4 Å². The van der Waals surface area contributed by atoms with E-state index < -0.39 is 5.97 Å². The van der Waals surface area contributed by atoms with Crippen molar-refractivity contribution >= 4 is 17.6 Å². The molecule has 0 bridgehead atoms. The molecule has 0 unspecified atom stereocenters. The van der Waals surface area contributed by atoms with E-state index in [0.29, 0.717) is 10.8 Å². The number of carbonyl (C=O) groups excluding carboxylic acids is 1. The van der Waals surface area contributed by atoms with Gasteiger partial charge >= 0.3 is 5.97 Å². The Morgan fingerprint density at radius 2 is 2.06 bits per heavy atom. The van der Waals surface area contributed by atoms with Crippen molar-refractivity contribution < 1.29 is 13.9 Å². The van der Waals surface area contributed by atoms with Gasteiger partial charge in [0.05, 0.1) is 11.3 Å². The average Bonchev–Trinajstić information content (AvgIpc) is 2.68. The van der Waals surface area contributed by atoms with Crippen molar-refractivity contribution in [1.29, 1.82) is 0 Å². The number of furan rings is 1. The maximum absolute atomic E-state index is 11.7. The lowest BCUT2D eigenvalue weighted by Crippen LogP contribution is -2.08. The third kappa shape index (κ3) is 2.09. The van der Waals surface area contributed by atoms with E-state index in [1.807, 2.05) is 0 Å². The standard InChI is InChI=1S/C12H9ClO3/c1-8-6-7-15-11(8)12(14)16-10-5-3-2-4-9(10)13/h2-7H,1H3. The molecule has 0 saturated carbocycles. The first-order valence-electron chi connectivity index (χ1n) is 4.69. The number of benzene rings is 1. The zero-order valence-electron chi connectivity index (χ0n) is 8.57. The Morgan fingerprint density at radius 3 is 2.69 bits per heavy atom. The van der Waals surface area contributed by atoms with Crippen LogP contribution in [-0.4, -0.2) is 5.97 Å². The summed E-state index contributed by atoms with van der Waals surface area (Å²) in [6.45, 7) is 1.77. The summed E-state index contributed by atoms with van der Waals surface area (Å²) in [5, 5.41) is 0.389. The van der Waals surface area contributed by atoms with E-state index in [1.54, 1.807) is 37.3 Å². The van der Waals surface area contributed by atoms with Crippen LogP contribution in [0.15, 0.2) is 41.0 Å². The van der Waals surface area contributed by atoms with Gasteiger partial charge in [-0.2, -0.15) is 0 Å². The number of halogens is 1. The maximum Gasteiger partial charge on any atom is 0.379 e. The van der Waals surface area contributed by atoms with Crippen LogP contribution in [-0.2, 0) is 0 Å². The minimum Gasteiger partial charge on any atom is -0.457 e. The van der Waals surface area contributed by atoms with E-state index in [-0.39, 0.29) is 5.76 Å². The predicted molar refractivity (Wildman–Crippen MR) is 59.9 cm³/mol. The highest BCUT2D eigenvalue weighted by Gasteiger charge is 2.16. The Morgan fingerprint density at radius 1 is 1.31 bits per heavy atom. The third-order valence-corrected chi connectivity index (χ3v) is 2.40. The Bertz CT molecular complexity index is 516. The van der Waals surface area contributed by atoms with Gasteiger partial charge in [-0.05, 0) is 25.1 Å². The van der Waals surface area contributed by atoms with Gasteiger partial charge in [0.1, 0.15) is 5.75 Å². The minimum absolute atomic E-state index is 0.194. The zero-order chi connectivity index (χ0) is 11.5. The SMILES string of the molecule is Cc1ccoc1C(=O)Oc1ccccc1Cl. The highest BCUT2D eigenvalue weighted by atomic mass is 35.5. The van der Waals surface area contributed by atoms with E-state index >= 15 is 0 Å². The molecule has 0 atom stereocenters. The van der Waals surface area contributed by atoms with Gasteiger partial charge in [0.25, 0.3) is 0 Å². The van der Waals surface area contributed by atoms with E-state index in [0.717, 1.165) is 5.56 Å². The first-order valence-corrected chi connectivity index (χ1v) is 5.07. The molecule has 3 nitrogen and oxygen atoms in total. The van der Waals surface area contributed by atoms with Crippen LogP contribution >= 0.6 is 11.6 Å². The number of hydrogen-bond donors (Lipinski definition) is 0. The lowest BCUT2D eigenvalue weighted by Gasteiger charge is -2.04. The van der Waals surface area contributed by atoms with Crippen LogP contribution in [0.5, 0.6) is 5.75 Å².